The molecule has 0 unspecified atom stereocenters. The fourth-order valence-electron chi connectivity index (χ4n) is 3.82. The summed E-state index contributed by atoms with van der Waals surface area (Å²) in [5.41, 5.74) is 6.76. The van der Waals surface area contributed by atoms with E-state index in [1.54, 1.807) is 12.1 Å². The van der Waals surface area contributed by atoms with E-state index in [9.17, 15) is 8.42 Å². The van der Waals surface area contributed by atoms with E-state index < -0.39 is 9.84 Å². The molecule has 0 saturated heterocycles. The van der Waals surface area contributed by atoms with Crippen LogP contribution >= 0.6 is 0 Å². The van der Waals surface area contributed by atoms with Gasteiger partial charge in [-0.25, -0.2) is 8.42 Å². The molecule has 0 amide bonds. The van der Waals surface area contributed by atoms with E-state index in [0.717, 1.165) is 35.1 Å². The predicted octanol–water partition coefficient (Wildman–Crippen LogP) is 5.22. The standard InChI is InChI=1S/C24H24N2O2S/c1-4-17-7-6-8-18(5-2)24(17)22-15-19-13-14-26(23(19)16-25-22)20-9-11-21(12-10-20)29(3,27)28/h6-16H,4-5H2,1-3H3. The van der Waals surface area contributed by atoms with Crippen molar-refractivity contribution in [1.82, 2.24) is 9.55 Å². The summed E-state index contributed by atoms with van der Waals surface area (Å²) in [4.78, 5) is 5.11. The van der Waals surface area contributed by atoms with Crippen molar-refractivity contribution in [2.24, 2.45) is 0 Å². The van der Waals surface area contributed by atoms with Crippen LogP contribution in [0.25, 0.3) is 27.8 Å². The van der Waals surface area contributed by atoms with Crippen molar-refractivity contribution in [3.63, 3.8) is 0 Å². The van der Waals surface area contributed by atoms with Gasteiger partial charge in [0.05, 0.1) is 22.3 Å². The Kier molecular flexibility index (Phi) is 5.01. The molecule has 0 fully saturated rings. The van der Waals surface area contributed by atoms with Gasteiger partial charge < -0.3 is 4.57 Å². The van der Waals surface area contributed by atoms with Crippen molar-refractivity contribution >= 4 is 20.7 Å². The Labute approximate surface area is 171 Å². The van der Waals surface area contributed by atoms with E-state index in [2.05, 4.69) is 44.2 Å². The zero-order valence-corrected chi connectivity index (χ0v) is 17.7. The number of hydrogen-bond donors (Lipinski definition) is 0. The third kappa shape index (κ3) is 3.58. The van der Waals surface area contributed by atoms with Crippen molar-refractivity contribution in [1.29, 1.82) is 0 Å². The number of fused-ring (bicyclic) bond motifs is 1. The first-order valence-electron chi connectivity index (χ1n) is 9.81. The van der Waals surface area contributed by atoms with Crippen molar-refractivity contribution in [3.05, 3.63) is 78.1 Å². The molecule has 4 aromatic rings. The normalized spacial score (nSPS) is 11.8. The summed E-state index contributed by atoms with van der Waals surface area (Å²) in [6.45, 7) is 4.35. The number of sulfone groups is 1. The number of rotatable bonds is 5. The van der Waals surface area contributed by atoms with E-state index in [1.807, 2.05) is 29.1 Å². The highest BCUT2D eigenvalue weighted by molar-refractivity contribution is 7.90. The fourth-order valence-corrected chi connectivity index (χ4v) is 4.45. The highest BCUT2D eigenvalue weighted by Gasteiger charge is 2.13. The zero-order valence-electron chi connectivity index (χ0n) is 16.9. The van der Waals surface area contributed by atoms with Crippen LogP contribution in [0.5, 0.6) is 0 Å². The molecule has 4 nitrogen and oxygen atoms in total. The third-order valence-corrected chi connectivity index (χ3v) is 6.50. The van der Waals surface area contributed by atoms with E-state index in [1.165, 1.54) is 22.9 Å². The van der Waals surface area contributed by atoms with Crippen LogP contribution in [0.2, 0.25) is 0 Å². The first-order valence-corrected chi connectivity index (χ1v) is 11.7. The molecule has 29 heavy (non-hydrogen) atoms. The summed E-state index contributed by atoms with van der Waals surface area (Å²) in [6, 6.07) is 17.6. The monoisotopic (exact) mass is 404 g/mol. The van der Waals surface area contributed by atoms with E-state index >= 15 is 0 Å². The van der Waals surface area contributed by atoms with Gasteiger partial charge in [0.25, 0.3) is 0 Å². The fraction of sp³-hybridized carbons (Fsp3) is 0.208. The smallest absolute Gasteiger partial charge is 0.175 e. The Morgan fingerprint density at radius 1 is 0.931 bits per heavy atom. The van der Waals surface area contributed by atoms with Crippen LogP contribution in [0.4, 0.5) is 0 Å². The molecule has 0 aliphatic heterocycles. The van der Waals surface area contributed by atoms with Crippen LogP contribution in [0.1, 0.15) is 25.0 Å². The minimum atomic E-state index is -3.20. The van der Waals surface area contributed by atoms with Crippen molar-refractivity contribution in [3.8, 4) is 16.9 Å². The van der Waals surface area contributed by atoms with Gasteiger partial charge in [-0.3, -0.25) is 4.98 Å². The molecular weight excluding hydrogens is 380 g/mol. The number of aryl methyl sites for hydroxylation is 2. The number of nitrogens with zero attached hydrogens (tertiary/aromatic N) is 2. The third-order valence-electron chi connectivity index (χ3n) is 5.37. The molecule has 4 rings (SSSR count). The minimum Gasteiger partial charge on any atom is -0.315 e. The van der Waals surface area contributed by atoms with E-state index in [-0.39, 0.29) is 0 Å². The van der Waals surface area contributed by atoms with Gasteiger partial charge in [0, 0.05) is 29.1 Å². The summed E-state index contributed by atoms with van der Waals surface area (Å²) in [5, 5.41) is 1.11. The van der Waals surface area contributed by atoms with Crippen molar-refractivity contribution in [2.75, 3.05) is 6.26 Å². The van der Waals surface area contributed by atoms with E-state index in [0.29, 0.717) is 4.90 Å². The van der Waals surface area contributed by atoms with Gasteiger partial charge in [0.15, 0.2) is 9.84 Å². The Morgan fingerprint density at radius 3 is 2.17 bits per heavy atom. The summed E-state index contributed by atoms with van der Waals surface area (Å²) in [7, 11) is -3.20. The predicted molar refractivity (Wildman–Crippen MR) is 118 cm³/mol. The Morgan fingerprint density at radius 2 is 1.59 bits per heavy atom. The topological polar surface area (TPSA) is 52.0 Å². The van der Waals surface area contributed by atoms with Gasteiger partial charge in [-0.1, -0.05) is 32.0 Å². The number of aromatic nitrogens is 2. The Hall–Kier alpha value is -2.92. The number of benzene rings is 2. The Bertz CT molecular complexity index is 1260. The lowest BCUT2D eigenvalue weighted by Crippen LogP contribution is -1.99. The Balaban J connectivity index is 1.80. The molecule has 2 aromatic carbocycles. The van der Waals surface area contributed by atoms with Crippen LogP contribution in [0, 0.1) is 0 Å². The van der Waals surface area contributed by atoms with Gasteiger partial charge in [-0.2, -0.15) is 0 Å². The molecule has 0 aliphatic rings. The lowest BCUT2D eigenvalue weighted by Gasteiger charge is -2.13. The number of hydrogen-bond acceptors (Lipinski definition) is 3. The molecule has 0 bridgehead atoms. The van der Waals surface area contributed by atoms with Crippen LogP contribution in [0.15, 0.2) is 71.9 Å². The molecule has 0 saturated carbocycles. The largest absolute Gasteiger partial charge is 0.315 e. The zero-order chi connectivity index (χ0) is 20.6. The lowest BCUT2D eigenvalue weighted by atomic mass is 9.94. The second-order valence-electron chi connectivity index (χ2n) is 7.24. The maximum absolute atomic E-state index is 11.7. The first-order chi connectivity index (χ1) is 13.9. The molecule has 0 N–H and O–H groups in total. The summed E-state index contributed by atoms with van der Waals surface area (Å²) in [6.07, 6.45) is 7.06. The van der Waals surface area contributed by atoms with Crippen LogP contribution < -0.4 is 0 Å². The van der Waals surface area contributed by atoms with Gasteiger partial charge in [-0.05, 0) is 60.4 Å². The second kappa shape index (κ2) is 7.48. The number of pyridine rings is 1. The quantitative estimate of drug-likeness (QED) is 0.458. The maximum atomic E-state index is 11.7. The van der Waals surface area contributed by atoms with Crippen LogP contribution in [0.3, 0.4) is 0 Å². The molecule has 148 valence electrons. The summed E-state index contributed by atoms with van der Waals surface area (Å²) >= 11 is 0. The molecule has 0 aliphatic carbocycles. The van der Waals surface area contributed by atoms with Crippen molar-refractivity contribution in [2.45, 2.75) is 31.6 Å². The van der Waals surface area contributed by atoms with Crippen LogP contribution in [-0.2, 0) is 22.7 Å². The van der Waals surface area contributed by atoms with Gasteiger partial charge >= 0.3 is 0 Å². The van der Waals surface area contributed by atoms with Gasteiger partial charge in [0.2, 0.25) is 0 Å². The van der Waals surface area contributed by atoms with Crippen LogP contribution in [-0.4, -0.2) is 24.2 Å². The molecule has 0 atom stereocenters. The first kappa shape index (κ1) is 19.4. The van der Waals surface area contributed by atoms with Gasteiger partial charge in [0.1, 0.15) is 0 Å². The lowest BCUT2D eigenvalue weighted by molar-refractivity contribution is 0.602. The summed E-state index contributed by atoms with van der Waals surface area (Å²) in [5.74, 6) is 0. The molecule has 0 radical (unpaired) electrons. The molecule has 2 heterocycles. The van der Waals surface area contributed by atoms with E-state index in [4.69, 9.17) is 4.98 Å². The molecule has 2 aromatic heterocycles. The maximum Gasteiger partial charge on any atom is 0.175 e. The molecule has 5 heteroatoms. The second-order valence-corrected chi connectivity index (χ2v) is 9.25. The average molecular weight is 405 g/mol. The van der Waals surface area contributed by atoms with Gasteiger partial charge in [-0.15, -0.1) is 0 Å². The highest BCUT2D eigenvalue weighted by atomic mass is 32.2. The van der Waals surface area contributed by atoms with Crippen molar-refractivity contribution < 1.29 is 8.42 Å². The SMILES string of the molecule is CCc1cccc(CC)c1-c1cc2ccn(-c3ccc(S(C)(=O)=O)cc3)c2cn1. The minimum absolute atomic E-state index is 0.321. The average Bonchev–Trinajstić information content (AvgIpc) is 3.15. The highest BCUT2D eigenvalue weighted by Crippen LogP contribution is 2.30. The molecular formula is C24H24N2O2S. The molecule has 0 spiro atoms. The summed E-state index contributed by atoms with van der Waals surface area (Å²) < 4.78 is 25.4.